The minimum atomic E-state index is -1.17. The molecule has 4 heteroatoms. The van der Waals surface area contributed by atoms with Crippen molar-refractivity contribution in [3.8, 4) is 11.5 Å². The molecule has 0 unspecified atom stereocenters. The van der Waals surface area contributed by atoms with Crippen LogP contribution in [0.3, 0.4) is 0 Å². The maximum atomic E-state index is 6.47. The molecule has 8 rings (SSSR count). The zero-order valence-electron chi connectivity index (χ0n) is 24.3. The summed E-state index contributed by atoms with van der Waals surface area (Å²) in [6.45, 7) is 0. The van der Waals surface area contributed by atoms with Crippen LogP contribution in [0, 0.1) is 0 Å². The van der Waals surface area contributed by atoms with Gasteiger partial charge in [0.05, 0.1) is 0 Å². The predicted octanol–water partition coefficient (Wildman–Crippen LogP) is 8.09. The lowest BCUT2D eigenvalue weighted by molar-refractivity contribution is 0.623. The Morgan fingerprint density at radius 3 is 1.86 bits per heavy atom. The quantitative estimate of drug-likeness (QED) is 0.113. The molecule has 0 N–H and O–H groups in total. The number of hydrogen-bond acceptors (Lipinski definition) is 3. The molecule has 209 valence electrons. The van der Waals surface area contributed by atoms with E-state index < -0.39 is 8.80 Å². The molecule has 1 heterocycles. The molecule has 8 aromatic rings. The summed E-state index contributed by atoms with van der Waals surface area (Å²) < 4.78 is 6.47. The maximum Gasteiger partial charge on any atom is 0.227 e. The van der Waals surface area contributed by atoms with Gasteiger partial charge in [-0.25, -0.2) is 4.98 Å². The number of fused-ring (bicyclic) bond motifs is 5. The first-order valence-electron chi connectivity index (χ1n) is 14.9. The largest absolute Gasteiger partial charge is 0.435 e. The van der Waals surface area contributed by atoms with Gasteiger partial charge in [0, 0.05) is 29.4 Å². The number of benzene rings is 7. The van der Waals surface area contributed by atoms with Gasteiger partial charge in [-0.2, -0.15) is 0 Å². The Labute approximate surface area is 258 Å². The molecular formula is C40H29N2OSi. The number of oxazole rings is 1. The zero-order chi connectivity index (χ0) is 29.5. The topological polar surface area (TPSA) is 29.3 Å². The average Bonchev–Trinajstić information content (AvgIpc) is 3.54. The second kappa shape index (κ2) is 11.0. The normalized spacial score (nSPS) is 11.5. The molecule has 0 amide bonds. The standard InChI is InChI=1S/C40H29N2OSi/c1-42(31-14-11-19-35(26-31)44(33-15-7-3-8-16-33)34-17-9-4-10-18-34)32-24-22-28-20-21-29-23-25-37-39(38(29)36(28)27-32)43-40(41-37)30-12-5-2-6-13-30/h2-27H,1H3. The van der Waals surface area contributed by atoms with Crippen LogP contribution in [0.4, 0.5) is 11.4 Å². The molecule has 1 radical (unpaired) electrons. The number of nitrogens with zero attached hydrogens (tertiary/aromatic N) is 2. The van der Waals surface area contributed by atoms with Crippen LogP contribution in [0.15, 0.2) is 162 Å². The summed E-state index contributed by atoms with van der Waals surface area (Å²) in [6.07, 6.45) is 0. The highest BCUT2D eigenvalue weighted by Gasteiger charge is 2.21. The van der Waals surface area contributed by atoms with Crippen LogP contribution in [0.5, 0.6) is 0 Å². The van der Waals surface area contributed by atoms with Crippen LogP contribution in [-0.4, -0.2) is 20.8 Å². The summed E-state index contributed by atoms with van der Waals surface area (Å²) in [5.41, 5.74) is 4.95. The van der Waals surface area contributed by atoms with E-state index in [1.807, 2.05) is 30.3 Å². The summed E-state index contributed by atoms with van der Waals surface area (Å²) in [4.78, 5) is 7.13. The SMILES string of the molecule is CN(c1cccc([Si](c2ccccc2)c2ccccc2)c1)c1ccc2ccc3ccc4nc(-c5ccccc5)oc4c3c2c1. The van der Waals surface area contributed by atoms with Gasteiger partial charge in [-0.1, -0.05) is 126 Å². The second-order valence-corrected chi connectivity index (χ2v) is 13.6. The Morgan fingerprint density at radius 1 is 0.545 bits per heavy atom. The summed E-state index contributed by atoms with van der Waals surface area (Å²) >= 11 is 0. The molecule has 0 fully saturated rings. The van der Waals surface area contributed by atoms with Crippen molar-refractivity contribution < 1.29 is 4.42 Å². The van der Waals surface area contributed by atoms with E-state index in [1.165, 1.54) is 20.9 Å². The van der Waals surface area contributed by atoms with Crippen molar-refractivity contribution in [1.82, 2.24) is 4.98 Å². The van der Waals surface area contributed by atoms with Gasteiger partial charge in [-0.05, 0) is 63.8 Å². The summed E-state index contributed by atoms with van der Waals surface area (Å²) in [5, 5.41) is 8.69. The Kier molecular flexibility index (Phi) is 6.54. The zero-order valence-corrected chi connectivity index (χ0v) is 25.3. The summed E-state index contributed by atoms with van der Waals surface area (Å²) in [5.74, 6) is 0.643. The van der Waals surface area contributed by atoms with Crippen LogP contribution in [0.25, 0.3) is 44.1 Å². The summed E-state index contributed by atoms with van der Waals surface area (Å²) in [7, 11) is 0.986. The molecule has 0 atom stereocenters. The van der Waals surface area contributed by atoms with Gasteiger partial charge in [0.2, 0.25) is 5.89 Å². The number of rotatable bonds is 6. The van der Waals surface area contributed by atoms with E-state index >= 15 is 0 Å². The molecule has 0 aliphatic carbocycles. The first-order chi connectivity index (χ1) is 21.7. The van der Waals surface area contributed by atoms with Gasteiger partial charge in [0.15, 0.2) is 14.4 Å². The second-order valence-electron chi connectivity index (χ2n) is 11.1. The lowest BCUT2D eigenvalue weighted by Crippen LogP contribution is -2.51. The predicted molar refractivity (Wildman–Crippen MR) is 187 cm³/mol. The van der Waals surface area contributed by atoms with Crippen molar-refractivity contribution in [3.63, 3.8) is 0 Å². The molecule has 0 bridgehead atoms. The molecular weight excluding hydrogens is 553 g/mol. The maximum absolute atomic E-state index is 6.47. The first kappa shape index (κ1) is 26.2. The van der Waals surface area contributed by atoms with Crippen molar-refractivity contribution >= 4 is 68.4 Å². The van der Waals surface area contributed by atoms with Gasteiger partial charge >= 0.3 is 0 Å². The van der Waals surface area contributed by atoms with Gasteiger partial charge in [-0.3, -0.25) is 0 Å². The highest BCUT2D eigenvalue weighted by Crippen LogP contribution is 2.37. The third-order valence-corrected chi connectivity index (χ3v) is 11.1. The molecule has 3 nitrogen and oxygen atoms in total. The highest BCUT2D eigenvalue weighted by molar-refractivity contribution is 6.95. The van der Waals surface area contributed by atoms with Crippen LogP contribution in [0.1, 0.15) is 0 Å². The van der Waals surface area contributed by atoms with Crippen LogP contribution < -0.4 is 20.5 Å². The van der Waals surface area contributed by atoms with Crippen LogP contribution >= 0.6 is 0 Å². The fraction of sp³-hybridized carbons (Fsp3) is 0.0250. The van der Waals surface area contributed by atoms with Gasteiger partial charge in [0.1, 0.15) is 5.52 Å². The van der Waals surface area contributed by atoms with Gasteiger partial charge < -0.3 is 9.32 Å². The van der Waals surface area contributed by atoms with Gasteiger partial charge in [-0.15, -0.1) is 0 Å². The van der Waals surface area contributed by atoms with Crippen molar-refractivity contribution in [1.29, 1.82) is 0 Å². The van der Waals surface area contributed by atoms with Crippen molar-refractivity contribution in [2.75, 3.05) is 11.9 Å². The van der Waals surface area contributed by atoms with E-state index in [0.717, 1.165) is 44.2 Å². The van der Waals surface area contributed by atoms with Crippen molar-refractivity contribution in [2.24, 2.45) is 0 Å². The molecule has 7 aromatic carbocycles. The van der Waals surface area contributed by atoms with Crippen LogP contribution in [0.2, 0.25) is 0 Å². The summed E-state index contributed by atoms with van der Waals surface area (Å²) in [6, 6.07) is 56.2. The molecule has 1 aromatic heterocycles. The number of anilines is 2. The van der Waals surface area contributed by atoms with E-state index in [4.69, 9.17) is 9.40 Å². The Morgan fingerprint density at radius 2 is 1.14 bits per heavy atom. The minimum absolute atomic E-state index is 0.643. The molecule has 0 spiro atoms. The lowest BCUT2D eigenvalue weighted by atomic mass is 10.0. The van der Waals surface area contributed by atoms with Gasteiger partial charge in [0.25, 0.3) is 0 Å². The molecule has 0 aliphatic rings. The minimum Gasteiger partial charge on any atom is -0.435 e. The monoisotopic (exact) mass is 581 g/mol. The first-order valence-corrected chi connectivity index (χ1v) is 16.4. The van der Waals surface area contributed by atoms with E-state index in [-0.39, 0.29) is 0 Å². The van der Waals surface area contributed by atoms with Crippen molar-refractivity contribution in [3.05, 3.63) is 158 Å². The van der Waals surface area contributed by atoms with E-state index in [9.17, 15) is 0 Å². The number of hydrogen-bond donors (Lipinski definition) is 0. The Balaban J connectivity index is 1.23. The third-order valence-electron chi connectivity index (χ3n) is 8.39. The smallest absolute Gasteiger partial charge is 0.227 e. The van der Waals surface area contributed by atoms with Crippen LogP contribution in [-0.2, 0) is 0 Å². The third kappa shape index (κ3) is 4.66. The molecule has 0 saturated heterocycles. The van der Waals surface area contributed by atoms with E-state index in [0.29, 0.717) is 5.89 Å². The Hall–Kier alpha value is -5.45. The highest BCUT2D eigenvalue weighted by atomic mass is 28.3. The Bertz CT molecular complexity index is 2210. The molecule has 0 saturated carbocycles. The average molecular weight is 582 g/mol. The molecule has 44 heavy (non-hydrogen) atoms. The van der Waals surface area contributed by atoms with E-state index in [1.54, 1.807) is 0 Å². The molecule has 0 aliphatic heterocycles. The lowest BCUT2D eigenvalue weighted by Gasteiger charge is -2.23. The fourth-order valence-corrected chi connectivity index (χ4v) is 8.76. The number of aromatic nitrogens is 1. The van der Waals surface area contributed by atoms with E-state index in [2.05, 4.69) is 139 Å². The fourth-order valence-electron chi connectivity index (χ4n) is 6.15. The van der Waals surface area contributed by atoms with Crippen molar-refractivity contribution in [2.45, 2.75) is 0 Å².